The zero-order chi connectivity index (χ0) is 15.3. The van der Waals surface area contributed by atoms with Crippen molar-refractivity contribution < 1.29 is 23.1 Å². The van der Waals surface area contributed by atoms with Gasteiger partial charge in [-0.2, -0.15) is 4.31 Å². The molecule has 0 spiro atoms. The summed E-state index contributed by atoms with van der Waals surface area (Å²) in [5.41, 5.74) is -0.191. The number of hydrogen-bond acceptors (Lipinski definition) is 5. The van der Waals surface area contributed by atoms with Crippen LogP contribution >= 0.6 is 0 Å². The molecule has 6 nitrogen and oxygen atoms in total. The smallest absolute Gasteiger partial charge is 0.341 e. The van der Waals surface area contributed by atoms with Crippen molar-refractivity contribution in [1.82, 2.24) is 4.31 Å². The Balaban J connectivity index is 3.32. The summed E-state index contributed by atoms with van der Waals surface area (Å²) in [6.07, 6.45) is 1.47. The number of nitrogens with zero attached hydrogens (tertiary/aromatic N) is 1. The predicted octanol–water partition coefficient (Wildman–Crippen LogP) is 1.38. The molecule has 110 valence electrons. The van der Waals surface area contributed by atoms with E-state index in [-0.39, 0.29) is 29.3 Å². The maximum absolute atomic E-state index is 12.4. The summed E-state index contributed by atoms with van der Waals surface area (Å²) in [6, 6.07) is 3.49. The minimum absolute atomic E-state index is 0.0839. The lowest BCUT2D eigenvalue weighted by Crippen LogP contribution is -2.31. The van der Waals surface area contributed by atoms with Crippen LogP contribution in [0.15, 0.2) is 35.7 Å². The first-order valence-corrected chi connectivity index (χ1v) is 7.34. The van der Waals surface area contributed by atoms with Gasteiger partial charge in [-0.05, 0) is 18.2 Å². The van der Waals surface area contributed by atoms with Gasteiger partial charge in [0.05, 0.1) is 12.0 Å². The van der Waals surface area contributed by atoms with E-state index in [1.54, 1.807) is 6.92 Å². The lowest BCUT2D eigenvalue weighted by Gasteiger charge is -2.19. The maximum atomic E-state index is 12.4. The number of esters is 1. The van der Waals surface area contributed by atoms with Gasteiger partial charge in [0, 0.05) is 13.1 Å². The number of ether oxygens (including phenoxy) is 1. The van der Waals surface area contributed by atoms with Crippen LogP contribution in [-0.2, 0) is 14.8 Å². The van der Waals surface area contributed by atoms with Crippen LogP contribution in [0.2, 0.25) is 0 Å². The lowest BCUT2D eigenvalue weighted by molar-refractivity contribution is 0.0597. The fourth-order valence-corrected chi connectivity index (χ4v) is 3.09. The normalized spacial score (nSPS) is 11.3. The molecule has 0 aliphatic carbocycles. The third-order valence-corrected chi connectivity index (χ3v) is 4.63. The van der Waals surface area contributed by atoms with E-state index in [9.17, 15) is 18.3 Å². The minimum atomic E-state index is -3.75. The zero-order valence-electron chi connectivity index (χ0n) is 11.4. The molecule has 7 heteroatoms. The Kier molecular flexibility index (Phi) is 5.29. The molecule has 1 N–H and O–H groups in total. The second kappa shape index (κ2) is 6.53. The van der Waals surface area contributed by atoms with Gasteiger partial charge >= 0.3 is 5.97 Å². The molecule has 0 radical (unpaired) electrons. The Labute approximate surface area is 118 Å². The number of methoxy groups -OCH3 is 1. The van der Waals surface area contributed by atoms with Gasteiger partial charge < -0.3 is 9.84 Å². The number of sulfonamides is 1. The van der Waals surface area contributed by atoms with E-state index in [2.05, 4.69) is 11.3 Å². The fraction of sp³-hybridized carbons (Fsp3) is 0.308. The molecule has 1 aromatic rings. The number of aromatic hydroxyl groups is 1. The van der Waals surface area contributed by atoms with Gasteiger partial charge in [0.15, 0.2) is 0 Å². The third kappa shape index (κ3) is 3.17. The molecule has 0 unspecified atom stereocenters. The second-order valence-electron chi connectivity index (χ2n) is 3.91. The Bertz CT molecular complexity index is 609. The monoisotopic (exact) mass is 299 g/mol. The van der Waals surface area contributed by atoms with Crippen LogP contribution in [0.5, 0.6) is 5.75 Å². The largest absolute Gasteiger partial charge is 0.507 e. The van der Waals surface area contributed by atoms with Crippen LogP contribution in [-0.4, -0.2) is 44.0 Å². The molecule has 0 atom stereocenters. The molecular formula is C13H17NO5S. The van der Waals surface area contributed by atoms with Crippen molar-refractivity contribution in [3.8, 4) is 5.75 Å². The van der Waals surface area contributed by atoms with Crippen LogP contribution in [0.25, 0.3) is 0 Å². The van der Waals surface area contributed by atoms with Crippen LogP contribution in [0.3, 0.4) is 0 Å². The number of rotatable bonds is 6. The van der Waals surface area contributed by atoms with Crippen molar-refractivity contribution in [1.29, 1.82) is 0 Å². The molecule has 0 saturated heterocycles. The van der Waals surface area contributed by atoms with Gasteiger partial charge in [-0.3, -0.25) is 0 Å². The van der Waals surface area contributed by atoms with Crippen molar-refractivity contribution in [3.05, 3.63) is 36.4 Å². The number of phenolic OH excluding ortho intramolecular Hbond substituents is 1. The number of benzene rings is 1. The second-order valence-corrected chi connectivity index (χ2v) is 5.85. The highest BCUT2D eigenvalue weighted by Gasteiger charge is 2.24. The third-order valence-electron chi connectivity index (χ3n) is 2.70. The standard InChI is InChI=1S/C13H17NO5S/c1-4-8-14(5-2)20(17,18)10-6-7-12(15)11(9-10)13(16)19-3/h4,6-7,9,15H,1,5,8H2,2-3H3. The first-order valence-electron chi connectivity index (χ1n) is 5.90. The average molecular weight is 299 g/mol. The zero-order valence-corrected chi connectivity index (χ0v) is 12.2. The molecule has 0 aromatic heterocycles. The Morgan fingerprint density at radius 2 is 2.15 bits per heavy atom. The quantitative estimate of drug-likeness (QED) is 0.633. The van der Waals surface area contributed by atoms with Crippen LogP contribution in [0.1, 0.15) is 17.3 Å². The number of carbonyl (C=O) groups excluding carboxylic acids is 1. The van der Waals surface area contributed by atoms with Crippen LogP contribution in [0, 0.1) is 0 Å². The van der Waals surface area contributed by atoms with E-state index in [1.165, 1.54) is 16.4 Å². The van der Waals surface area contributed by atoms with Gasteiger partial charge in [0.2, 0.25) is 10.0 Å². The summed E-state index contributed by atoms with van der Waals surface area (Å²) in [6.45, 7) is 5.63. The summed E-state index contributed by atoms with van der Waals surface area (Å²) in [5.74, 6) is -1.13. The number of carbonyl (C=O) groups is 1. The molecule has 1 rings (SSSR count). The van der Waals surface area contributed by atoms with E-state index in [0.717, 1.165) is 19.2 Å². The van der Waals surface area contributed by atoms with Gasteiger partial charge in [-0.15, -0.1) is 6.58 Å². The van der Waals surface area contributed by atoms with E-state index >= 15 is 0 Å². The Morgan fingerprint density at radius 3 is 2.65 bits per heavy atom. The van der Waals surface area contributed by atoms with Gasteiger partial charge in [-0.25, -0.2) is 13.2 Å². The van der Waals surface area contributed by atoms with Gasteiger partial charge in [-0.1, -0.05) is 13.0 Å². The number of phenols is 1. The highest BCUT2D eigenvalue weighted by molar-refractivity contribution is 7.89. The van der Waals surface area contributed by atoms with Gasteiger partial charge in [0.1, 0.15) is 11.3 Å². The molecule has 0 bridgehead atoms. The minimum Gasteiger partial charge on any atom is -0.507 e. The molecule has 0 saturated carbocycles. The van der Waals surface area contributed by atoms with Crippen molar-refractivity contribution in [2.45, 2.75) is 11.8 Å². The fourth-order valence-electron chi connectivity index (χ4n) is 1.64. The summed E-state index contributed by atoms with van der Waals surface area (Å²) < 4.78 is 30.4. The number of likely N-dealkylation sites (N-methyl/N-ethyl adjacent to an activating group) is 1. The highest BCUT2D eigenvalue weighted by Crippen LogP contribution is 2.24. The molecule has 0 aliphatic rings. The SMILES string of the molecule is C=CCN(CC)S(=O)(=O)c1ccc(O)c(C(=O)OC)c1. The molecule has 0 amide bonds. The van der Waals surface area contributed by atoms with E-state index in [1.807, 2.05) is 0 Å². The van der Waals surface area contributed by atoms with Crippen molar-refractivity contribution in [2.75, 3.05) is 20.2 Å². The Morgan fingerprint density at radius 1 is 1.50 bits per heavy atom. The first kappa shape index (κ1) is 16.2. The highest BCUT2D eigenvalue weighted by atomic mass is 32.2. The van der Waals surface area contributed by atoms with E-state index in [4.69, 9.17) is 0 Å². The molecular weight excluding hydrogens is 282 g/mol. The topological polar surface area (TPSA) is 83.9 Å². The molecule has 0 heterocycles. The average Bonchev–Trinajstić information content (AvgIpc) is 2.43. The van der Waals surface area contributed by atoms with Crippen molar-refractivity contribution >= 4 is 16.0 Å². The van der Waals surface area contributed by atoms with E-state index in [0.29, 0.717) is 0 Å². The molecule has 0 fully saturated rings. The van der Waals surface area contributed by atoms with Crippen LogP contribution < -0.4 is 0 Å². The first-order chi connectivity index (χ1) is 9.38. The summed E-state index contributed by atoms with van der Waals surface area (Å²) in [5, 5.41) is 9.58. The molecule has 1 aromatic carbocycles. The molecule has 0 aliphatic heterocycles. The Hall–Kier alpha value is -1.86. The summed E-state index contributed by atoms with van der Waals surface area (Å²) in [7, 11) is -2.60. The van der Waals surface area contributed by atoms with Crippen LogP contribution in [0.4, 0.5) is 0 Å². The lowest BCUT2D eigenvalue weighted by atomic mass is 10.2. The molecule has 20 heavy (non-hydrogen) atoms. The van der Waals surface area contributed by atoms with Crippen molar-refractivity contribution in [2.24, 2.45) is 0 Å². The van der Waals surface area contributed by atoms with Crippen molar-refractivity contribution in [3.63, 3.8) is 0 Å². The number of hydrogen-bond donors (Lipinski definition) is 1. The van der Waals surface area contributed by atoms with E-state index < -0.39 is 16.0 Å². The summed E-state index contributed by atoms with van der Waals surface area (Å²) >= 11 is 0. The van der Waals surface area contributed by atoms with Gasteiger partial charge in [0.25, 0.3) is 0 Å². The predicted molar refractivity (Wildman–Crippen MR) is 74.1 cm³/mol. The maximum Gasteiger partial charge on any atom is 0.341 e. The summed E-state index contributed by atoms with van der Waals surface area (Å²) in [4.78, 5) is 11.4.